The summed E-state index contributed by atoms with van der Waals surface area (Å²) in [5.41, 5.74) is 3.83. The van der Waals surface area contributed by atoms with Gasteiger partial charge in [-0.3, -0.25) is 14.5 Å². The number of halogens is 1. The molecule has 0 fully saturated rings. The van der Waals surface area contributed by atoms with Gasteiger partial charge in [-0.25, -0.2) is 14.3 Å². The van der Waals surface area contributed by atoms with Gasteiger partial charge in [-0.2, -0.15) is 0 Å². The van der Waals surface area contributed by atoms with Crippen LogP contribution < -0.4 is 15.6 Å². The Morgan fingerprint density at radius 1 is 1.17 bits per heavy atom. The SMILES string of the molecule is NNC(=O)c1ccc2c(c1)CCN2S(=O)(=O)c1ccc(Cl)cc1. The number of nitrogens with zero attached hydrogens (tertiary/aromatic N) is 1. The Morgan fingerprint density at radius 3 is 2.52 bits per heavy atom. The summed E-state index contributed by atoms with van der Waals surface area (Å²) in [7, 11) is -3.66. The maximum absolute atomic E-state index is 12.8. The Hall–Kier alpha value is -2.09. The summed E-state index contributed by atoms with van der Waals surface area (Å²) in [6, 6.07) is 10.9. The molecule has 1 aliphatic rings. The minimum atomic E-state index is -3.66. The van der Waals surface area contributed by atoms with E-state index in [0.717, 1.165) is 5.56 Å². The van der Waals surface area contributed by atoms with E-state index < -0.39 is 15.9 Å². The Balaban J connectivity index is 1.99. The summed E-state index contributed by atoms with van der Waals surface area (Å²) in [6.07, 6.45) is 0.536. The van der Waals surface area contributed by atoms with E-state index >= 15 is 0 Å². The molecule has 23 heavy (non-hydrogen) atoms. The van der Waals surface area contributed by atoms with Gasteiger partial charge in [0.2, 0.25) is 0 Å². The number of nitrogens with one attached hydrogen (secondary N) is 1. The lowest BCUT2D eigenvalue weighted by Crippen LogP contribution is -2.30. The molecule has 2 aromatic rings. The topological polar surface area (TPSA) is 92.5 Å². The normalized spacial score (nSPS) is 13.7. The monoisotopic (exact) mass is 351 g/mol. The van der Waals surface area contributed by atoms with Crippen molar-refractivity contribution in [2.75, 3.05) is 10.8 Å². The summed E-state index contributed by atoms with van der Waals surface area (Å²) in [4.78, 5) is 11.7. The summed E-state index contributed by atoms with van der Waals surface area (Å²) < 4.78 is 26.9. The summed E-state index contributed by atoms with van der Waals surface area (Å²) in [6.45, 7) is 0.327. The first-order valence-electron chi connectivity index (χ1n) is 6.85. The zero-order valence-electron chi connectivity index (χ0n) is 12.0. The predicted octanol–water partition coefficient (Wildman–Crippen LogP) is 1.69. The third-order valence-electron chi connectivity index (χ3n) is 3.73. The Kier molecular flexibility index (Phi) is 4.01. The fourth-order valence-electron chi connectivity index (χ4n) is 2.58. The molecule has 2 aromatic carbocycles. The molecule has 0 bridgehead atoms. The number of nitrogen functional groups attached to an aromatic ring is 1. The molecule has 0 unspecified atom stereocenters. The zero-order valence-corrected chi connectivity index (χ0v) is 13.6. The minimum Gasteiger partial charge on any atom is -0.290 e. The molecule has 0 saturated heterocycles. The van der Waals surface area contributed by atoms with Crippen LogP contribution in [0.15, 0.2) is 47.4 Å². The average Bonchev–Trinajstić information content (AvgIpc) is 2.98. The van der Waals surface area contributed by atoms with E-state index in [-0.39, 0.29) is 4.90 Å². The molecule has 0 aliphatic carbocycles. The average molecular weight is 352 g/mol. The van der Waals surface area contributed by atoms with Gasteiger partial charge in [0, 0.05) is 17.1 Å². The molecule has 0 aromatic heterocycles. The van der Waals surface area contributed by atoms with Crippen LogP contribution >= 0.6 is 11.6 Å². The van der Waals surface area contributed by atoms with Gasteiger partial charge in [0.05, 0.1) is 10.6 Å². The number of carbonyl (C=O) groups excluding carboxylic acids is 1. The van der Waals surface area contributed by atoms with Crippen LogP contribution in [0.1, 0.15) is 15.9 Å². The van der Waals surface area contributed by atoms with Crippen molar-refractivity contribution in [1.29, 1.82) is 0 Å². The number of amides is 1. The molecule has 6 nitrogen and oxygen atoms in total. The van der Waals surface area contributed by atoms with Gasteiger partial charge >= 0.3 is 0 Å². The van der Waals surface area contributed by atoms with E-state index in [0.29, 0.717) is 29.2 Å². The lowest BCUT2D eigenvalue weighted by molar-refractivity contribution is 0.0953. The number of hydrogen-bond acceptors (Lipinski definition) is 4. The Labute approximate surface area is 138 Å². The van der Waals surface area contributed by atoms with E-state index in [1.54, 1.807) is 30.3 Å². The first-order valence-corrected chi connectivity index (χ1v) is 8.67. The number of fused-ring (bicyclic) bond motifs is 1. The second-order valence-corrected chi connectivity index (χ2v) is 7.40. The van der Waals surface area contributed by atoms with Crippen LogP contribution in [0.4, 0.5) is 5.69 Å². The van der Waals surface area contributed by atoms with Crippen molar-refractivity contribution in [3.8, 4) is 0 Å². The molecule has 0 saturated carbocycles. The van der Waals surface area contributed by atoms with E-state index in [2.05, 4.69) is 5.43 Å². The van der Waals surface area contributed by atoms with Gasteiger partial charge in [-0.15, -0.1) is 0 Å². The number of rotatable bonds is 3. The van der Waals surface area contributed by atoms with Gasteiger partial charge in [-0.05, 0) is 54.4 Å². The third-order valence-corrected chi connectivity index (χ3v) is 5.81. The highest BCUT2D eigenvalue weighted by Crippen LogP contribution is 2.33. The van der Waals surface area contributed by atoms with E-state index in [9.17, 15) is 13.2 Å². The van der Waals surface area contributed by atoms with E-state index in [1.165, 1.54) is 16.4 Å². The minimum absolute atomic E-state index is 0.179. The van der Waals surface area contributed by atoms with Crippen molar-refractivity contribution in [3.05, 3.63) is 58.6 Å². The number of carbonyl (C=O) groups is 1. The lowest BCUT2D eigenvalue weighted by atomic mass is 10.1. The Morgan fingerprint density at radius 2 is 1.87 bits per heavy atom. The predicted molar refractivity (Wildman–Crippen MR) is 87.8 cm³/mol. The second kappa shape index (κ2) is 5.84. The largest absolute Gasteiger partial charge is 0.290 e. The summed E-state index contributed by atoms with van der Waals surface area (Å²) >= 11 is 5.81. The number of nitrogens with two attached hydrogens (primary N) is 1. The molecule has 0 radical (unpaired) electrons. The molecular weight excluding hydrogens is 338 g/mol. The van der Waals surface area contributed by atoms with Crippen LogP contribution in [0.3, 0.4) is 0 Å². The summed E-state index contributed by atoms with van der Waals surface area (Å²) in [5.74, 6) is 4.71. The number of hydrogen-bond donors (Lipinski definition) is 2. The van der Waals surface area contributed by atoms with Gasteiger partial charge in [0.1, 0.15) is 0 Å². The second-order valence-electron chi connectivity index (χ2n) is 5.10. The van der Waals surface area contributed by atoms with Crippen molar-refractivity contribution in [2.45, 2.75) is 11.3 Å². The van der Waals surface area contributed by atoms with Crippen molar-refractivity contribution < 1.29 is 13.2 Å². The molecule has 0 atom stereocenters. The van der Waals surface area contributed by atoms with Gasteiger partial charge in [0.15, 0.2) is 0 Å². The third kappa shape index (κ3) is 2.78. The number of benzene rings is 2. The van der Waals surface area contributed by atoms with Gasteiger partial charge in [-0.1, -0.05) is 11.6 Å². The van der Waals surface area contributed by atoms with Crippen LogP contribution in [-0.2, 0) is 16.4 Å². The molecule has 1 aliphatic heterocycles. The lowest BCUT2D eigenvalue weighted by Gasteiger charge is -2.19. The highest BCUT2D eigenvalue weighted by atomic mass is 35.5. The molecule has 3 N–H and O–H groups in total. The highest BCUT2D eigenvalue weighted by Gasteiger charge is 2.31. The zero-order chi connectivity index (χ0) is 16.6. The fraction of sp³-hybridized carbons (Fsp3) is 0.133. The highest BCUT2D eigenvalue weighted by molar-refractivity contribution is 7.92. The van der Waals surface area contributed by atoms with Crippen LogP contribution in [0.25, 0.3) is 0 Å². The fourth-order valence-corrected chi connectivity index (χ4v) is 4.21. The molecular formula is C15H14ClN3O3S. The quantitative estimate of drug-likeness (QED) is 0.500. The number of anilines is 1. The first-order chi connectivity index (χ1) is 10.9. The molecule has 8 heteroatoms. The van der Waals surface area contributed by atoms with E-state index in [1.807, 2.05) is 0 Å². The van der Waals surface area contributed by atoms with Crippen molar-refractivity contribution in [2.24, 2.45) is 5.84 Å². The van der Waals surface area contributed by atoms with Crippen molar-refractivity contribution in [3.63, 3.8) is 0 Å². The molecule has 0 spiro atoms. The van der Waals surface area contributed by atoms with Crippen molar-refractivity contribution >= 4 is 33.2 Å². The van der Waals surface area contributed by atoms with Crippen molar-refractivity contribution in [1.82, 2.24) is 5.43 Å². The first kappa shape index (κ1) is 15.8. The number of sulfonamides is 1. The maximum atomic E-state index is 12.8. The van der Waals surface area contributed by atoms with Gasteiger partial charge in [0.25, 0.3) is 15.9 Å². The van der Waals surface area contributed by atoms with Crippen LogP contribution in [0.5, 0.6) is 0 Å². The smallest absolute Gasteiger partial charge is 0.265 e. The van der Waals surface area contributed by atoms with E-state index in [4.69, 9.17) is 17.4 Å². The van der Waals surface area contributed by atoms with Crippen LogP contribution in [0, 0.1) is 0 Å². The molecule has 1 heterocycles. The standard InChI is InChI=1S/C15H14ClN3O3S/c16-12-2-4-13(5-3-12)23(21,22)19-8-7-10-9-11(15(20)18-17)1-6-14(10)19/h1-6,9H,7-8,17H2,(H,18,20). The van der Waals surface area contributed by atoms with Crippen LogP contribution in [-0.4, -0.2) is 20.9 Å². The molecule has 1 amide bonds. The van der Waals surface area contributed by atoms with Gasteiger partial charge < -0.3 is 0 Å². The summed E-state index contributed by atoms with van der Waals surface area (Å²) in [5, 5.41) is 0.475. The molecule has 120 valence electrons. The number of hydrazine groups is 1. The van der Waals surface area contributed by atoms with Crippen LogP contribution in [0.2, 0.25) is 5.02 Å². The molecule has 3 rings (SSSR count). The maximum Gasteiger partial charge on any atom is 0.265 e. The Bertz CT molecular complexity index is 866.